The van der Waals surface area contributed by atoms with Crippen LogP contribution in [0.15, 0.2) is 127 Å². The molecule has 0 saturated heterocycles. The molecule has 0 N–H and O–H groups in total. The van der Waals surface area contributed by atoms with E-state index in [0.717, 1.165) is 28.2 Å². The van der Waals surface area contributed by atoms with Crippen LogP contribution in [-0.4, -0.2) is 0 Å². The van der Waals surface area contributed by atoms with Gasteiger partial charge in [0.1, 0.15) is 0 Å². The van der Waals surface area contributed by atoms with E-state index in [0.29, 0.717) is 10.0 Å². The average Bonchev–Trinajstić information content (AvgIpc) is 3.49. The van der Waals surface area contributed by atoms with Crippen molar-refractivity contribution >= 4 is 71.8 Å². The number of hydrogen-bond donors (Lipinski definition) is 0. The van der Waals surface area contributed by atoms with Crippen molar-refractivity contribution in [1.29, 1.82) is 0 Å². The molecule has 0 spiro atoms. The molecule has 0 bridgehead atoms. The first kappa shape index (κ1) is 26.5. The van der Waals surface area contributed by atoms with Crippen molar-refractivity contribution in [3.8, 4) is 22.3 Å². The Morgan fingerprint density at radius 3 is 1.93 bits per heavy atom. The number of para-hydroxylation sites is 1. The molecule has 1 heterocycles. The van der Waals surface area contributed by atoms with Gasteiger partial charge in [-0.3, -0.25) is 0 Å². The van der Waals surface area contributed by atoms with Gasteiger partial charge in [0, 0.05) is 52.7 Å². The Hall–Kier alpha value is -4.08. The third-order valence-electron chi connectivity index (χ3n) is 8.75. The Kier molecular flexibility index (Phi) is 6.17. The second-order valence-electron chi connectivity index (χ2n) is 11.7. The van der Waals surface area contributed by atoms with Crippen LogP contribution < -0.4 is 4.90 Å². The van der Waals surface area contributed by atoms with E-state index >= 15 is 0 Å². The summed E-state index contributed by atoms with van der Waals surface area (Å²) < 4.78 is 2.62. The number of anilines is 3. The van der Waals surface area contributed by atoms with E-state index in [2.05, 4.69) is 128 Å². The maximum Gasteiger partial charge on any atom is 0.0468 e. The molecule has 1 aliphatic carbocycles. The van der Waals surface area contributed by atoms with Gasteiger partial charge in [-0.15, -0.1) is 11.3 Å². The smallest absolute Gasteiger partial charge is 0.0468 e. The topological polar surface area (TPSA) is 3.24 Å². The molecule has 0 amide bonds. The van der Waals surface area contributed by atoms with E-state index in [1.54, 1.807) is 6.07 Å². The van der Waals surface area contributed by atoms with Gasteiger partial charge in [0.15, 0.2) is 0 Å². The number of halogens is 2. The molecule has 1 aliphatic rings. The van der Waals surface area contributed by atoms with Crippen molar-refractivity contribution in [2.75, 3.05) is 4.90 Å². The lowest BCUT2D eigenvalue weighted by Gasteiger charge is -2.28. The summed E-state index contributed by atoms with van der Waals surface area (Å²) in [6.07, 6.45) is 0. The summed E-state index contributed by atoms with van der Waals surface area (Å²) in [6, 6.07) is 45.6. The Bertz CT molecular complexity index is 2180. The summed E-state index contributed by atoms with van der Waals surface area (Å²) in [6.45, 7) is 4.65. The standard InChI is InChI=1S/C39H27Cl2NS/c1-39(2)35-20-24(25-18-26(40)21-27(41)19-25)12-15-31(35)32-16-13-30(23-36(32)39)42(28-8-4-3-5-9-28)29-14-17-38-34(22-29)33-10-6-7-11-37(33)43-38/h3-23H,1-2H3. The first-order chi connectivity index (χ1) is 20.9. The van der Waals surface area contributed by atoms with Gasteiger partial charge in [0.05, 0.1) is 0 Å². The van der Waals surface area contributed by atoms with Crippen molar-refractivity contribution in [2.24, 2.45) is 0 Å². The van der Waals surface area contributed by atoms with Crippen LogP contribution in [0.2, 0.25) is 10.0 Å². The lowest BCUT2D eigenvalue weighted by atomic mass is 9.81. The van der Waals surface area contributed by atoms with Crippen LogP contribution in [0.5, 0.6) is 0 Å². The minimum atomic E-state index is -0.186. The van der Waals surface area contributed by atoms with E-state index in [1.165, 1.54) is 42.4 Å². The molecule has 0 unspecified atom stereocenters. The summed E-state index contributed by atoms with van der Waals surface area (Å²) >= 11 is 14.6. The Morgan fingerprint density at radius 1 is 0.512 bits per heavy atom. The highest BCUT2D eigenvalue weighted by Crippen LogP contribution is 2.52. The van der Waals surface area contributed by atoms with Crippen LogP contribution in [0.25, 0.3) is 42.4 Å². The normalized spacial score (nSPS) is 13.3. The molecule has 6 aromatic carbocycles. The summed E-state index contributed by atoms with van der Waals surface area (Å²) in [5.41, 5.74) is 10.6. The molecule has 208 valence electrons. The van der Waals surface area contributed by atoms with Gasteiger partial charge in [-0.25, -0.2) is 0 Å². The van der Waals surface area contributed by atoms with Gasteiger partial charge in [0.2, 0.25) is 0 Å². The summed E-state index contributed by atoms with van der Waals surface area (Å²) in [4.78, 5) is 2.38. The second-order valence-corrected chi connectivity index (χ2v) is 13.7. The zero-order valence-corrected chi connectivity index (χ0v) is 26.1. The van der Waals surface area contributed by atoms with E-state index in [4.69, 9.17) is 23.2 Å². The molecule has 0 aliphatic heterocycles. The maximum atomic E-state index is 6.36. The number of hydrogen-bond acceptors (Lipinski definition) is 2. The number of fused-ring (bicyclic) bond motifs is 6. The molecule has 43 heavy (non-hydrogen) atoms. The molecular formula is C39H27Cl2NS. The summed E-state index contributed by atoms with van der Waals surface area (Å²) in [5, 5.41) is 3.89. The first-order valence-electron chi connectivity index (χ1n) is 14.4. The van der Waals surface area contributed by atoms with Crippen LogP contribution in [-0.2, 0) is 5.41 Å². The predicted molar refractivity (Wildman–Crippen MR) is 187 cm³/mol. The minimum Gasteiger partial charge on any atom is -0.310 e. The number of rotatable bonds is 4. The predicted octanol–water partition coefficient (Wildman–Crippen LogP) is 12.8. The summed E-state index contributed by atoms with van der Waals surface area (Å²) in [5.74, 6) is 0. The zero-order chi connectivity index (χ0) is 29.3. The third-order valence-corrected chi connectivity index (χ3v) is 10.3. The van der Waals surface area contributed by atoms with Crippen LogP contribution in [0.1, 0.15) is 25.0 Å². The highest BCUT2D eigenvalue weighted by Gasteiger charge is 2.36. The molecule has 0 fully saturated rings. The molecule has 8 rings (SSSR count). The molecule has 0 radical (unpaired) electrons. The number of thiophene rings is 1. The molecule has 1 nitrogen and oxygen atoms in total. The zero-order valence-electron chi connectivity index (χ0n) is 23.7. The van der Waals surface area contributed by atoms with Gasteiger partial charge in [-0.05, 0) is 106 Å². The lowest BCUT2D eigenvalue weighted by Crippen LogP contribution is -2.16. The number of benzene rings is 6. The quantitative estimate of drug-likeness (QED) is 0.191. The molecule has 0 saturated carbocycles. The lowest BCUT2D eigenvalue weighted by molar-refractivity contribution is 0.660. The van der Waals surface area contributed by atoms with Gasteiger partial charge >= 0.3 is 0 Å². The van der Waals surface area contributed by atoms with Gasteiger partial charge in [0.25, 0.3) is 0 Å². The van der Waals surface area contributed by atoms with E-state index < -0.39 is 0 Å². The Balaban J connectivity index is 1.27. The van der Waals surface area contributed by atoms with E-state index in [-0.39, 0.29) is 5.41 Å². The SMILES string of the molecule is CC1(C)c2cc(-c3cc(Cl)cc(Cl)c3)ccc2-c2ccc(N(c3ccccc3)c3ccc4sc5ccccc5c4c3)cc21. The van der Waals surface area contributed by atoms with Gasteiger partial charge < -0.3 is 4.90 Å². The fourth-order valence-corrected chi connectivity index (χ4v) is 8.25. The highest BCUT2D eigenvalue weighted by molar-refractivity contribution is 7.25. The van der Waals surface area contributed by atoms with Gasteiger partial charge in [-0.1, -0.05) is 91.6 Å². The highest BCUT2D eigenvalue weighted by atomic mass is 35.5. The first-order valence-corrected chi connectivity index (χ1v) is 16.0. The Labute approximate surface area is 265 Å². The number of nitrogens with zero attached hydrogens (tertiary/aromatic N) is 1. The van der Waals surface area contributed by atoms with Crippen molar-refractivity contribution in [1.82, 2.24) is 0 Å². The summed E-state index contributed by atoms with van der Waals surface area (Å²) in [7, 11) is 0. The van der Waals surface area contributed by atoms with Crippen LogP contribution in [0, 0.1) is 0 Å². The van der Waals surface area contributed by atoms with Crippen molar-refractivity contribution in [2.45, 2.75) is 19.3 Å². The van der Waals surface area contributed by atoms with Crippen molar-refractivity contribution < 1.29 is 0 Å². The van der Waals surface area contributed by atoms with Crippen molar-refractivity contribution in [3.63, 3.8) is 0 Å². The third kappa shape index (κ3) is 4.36. The van der Waals surface area contributed by atoms with Crippen LogP contribution >= 0.6 is 34.5 Å². The van der Waals surface area contributed by atoms with Gasteiger partial charge in [-0.2, -0.15) is 0 Å². The molecule has 0 atom stereocenters. The van der Waals surface area contributed by atoms with E-state index in [9.17, 15) is 0 Å². The Morgan fingerprint density at radius 2 is 1.14 bits per heavy atom. The fraction of sp³-hybridized carbons (Fsp3) is 0.0769. The molecule has 7 aromatic rings. The maximum absolute atomic E-state index is 6.36. The van der Waals surface area contributed by atoms with Crippen molar-refractivity contribution in [3.05, 3.63) is 149 Å². The van der Waals surface area contributed by atoms with E-state index in [1.807, 2.05) is 23.5 Å². The monoisotopic (exact) mass is 611 g/mol. The second kappa shape index (κ2) is 9.99. The fourth-order valence-electron chi connectivity index (χ4n) is 6.64. The minimum absolute atomic E-state index is 0.186. The molecule has 1 aromatic heterocycles. The van der Waals surface area contributed by atoms with Crippen LogP contribution in [0.4, 0.5) is 17.1 Å². The van der Waals surface area contributed by atoms with Crippen LogP contribution in [0.3, 0.4) is 0 Å². The largest absolute Gasteiger partial charge is 0.310 e. The molecular weight excluding hydrogens is 585 g/mol. The molecule has 4 heteroatoms. The average molecular weight is 613 g/mol.